The number of piperidine rings is 1. The molecular weight excluding hydrogens is 502 g/mol. The number of carbonyl (C=O) groups is 1. The van der Waals surface area contributed by atoms with E-state index in [2.05, 4.69) is 38.7 Å². The number of rotatable bonds is 8. The number of halogens is 1. The number of hydrogen-bond acceptors (Lipinski definition) is 8. The Labute approximate surface area is 228 Å². The van der Waals surface area contributed by atoms with Crippen LogP contribution in [0.3, 0.4) is 0 Å². The van der Waals surface area contributed by atoms with Crippen LogP contribution >= 0.6 is 11.6 Å². The van der Waals surface area contributed by atoms with E-state index in [1.807, 2.05) is 42.3 Å². The third kappa shape index (κ3) is 6.00. The summed E-state index contributed by atoms with van der Waals surface area (Å²) in [6, 6.07) is 9.62. The van der Waals surface area contributed by atoms with E-state index in [-0.39, 0.29) is 12.0 Å². The zero-order valence-electron chi connectivity index (χ0n) is 21.9. The minimum atomic E-state index is -0.00614. The van der Waals surface area contributed by atoms with Crippen molar-refractivity contribution >= 4 is 45.9 Å². The van der Waals surface area contributed by atoms with Crippen LogP contribution in [0.2, 0.25) is 5.02 Å². The molecule has 2 aliphatic heterocycles. The Hall–Kier alpha value is -3.43. The highest BCUT2D eigenvalue weighted by Gasteiger charge is 2.26. The monoisotopic (exact) mass is 535 g/mol. The number of hydrogen-bond donors (Lipinski definition) is 1. The average molecular weight is 536 g/mol. The maximum Gasteiger partial charge on any atom is 0.245 e. The molecule has 0 aliphatic carbocycles. The van der Waals surface area contributed by atoms with E-state index in [9.17, 15) is 4.79 Å². The summed E-state index contributed by atoms with van der Waals surface area (Å²) in [5.41, 5.74) is 2.22. The average Bonchev–Trinajstić information content (AvgIpc) is 3.39. The quantitative estimate of drug-likeness (QED) is 0.426. The summed E-state index contributed by atoms with van der Waals surface area (Å²) in [7, 11) is 4.15. The van der Waals surface area contributed by atoms with Crippen molar-refractivity contribution < 1.29 is 9.53 Å². The fourth-order valence-electron chi connectivity index (χ4n) is 5.12. The molecule has 2 aliphatic rings. The first kappa shape index (κ1) is 26.2. The van der Waals surface area contributed by atoms with Gasteiger partial charge in [-0.25, -0.2) is 15.0 Å². The summed E-state index contributed by atoms with van der Waals surface area (Å²) in [6.07, 6.45) is 6.05. The van der Waals surface area contributed by atoms with E-state index in [1.165, 1.54) is 12.4 Å². The number of fused-ring (bicyclic) bond motifs is 1. The van der Waals surface area contributed by atoms with Crippen molar-refractivity contribution in [1.82, 2.24) is 24.8 Å². The van der Waals surface area contributed by atoms with Gasteiger partial charge in [-0.15, -0.1) is 0 Å². The largest absolute Gasteiger partial charge is 0.489 e. The van der Waals surface area contributed by atoms with Crippen molar-refractivity contribution in [3.8, 4) is 5.75 Å². The number of amides is 1. The predicted molar refractivity (Wildman–Crippen MR) is 151 cm³/mol. The lowest BCUT2D eigenvalue weighted by Gasteiger charge is -2.29. The van der Waals surface area contributed by atoms with Crippen molar-refractivity contribution in [2.45, 2.75) is 25.4 Å². The highest BCUT2D eigenvalue weighted by molar-refractivity contribution is 6.32. The van der Waals surface area contributed by atoms with Gasteiger partial charge in [0.05, 0.1) is 10.5 Å². The number of benzene rings is 1. The second kappa shape index (κ2) is 11.5. The molecule has 5 rings (SSSR count). The van der Waals surface area contributed by atoms with E-state index in [0.29, 0.717) is 28.0 Å². The summed E-state index contributed by atoms with van der Waals surface area (Å²) in [5, 5.41) is 3.91. The molecule has 200 valence electrons. The number of likely N-dealkylation sites (tertiary alicyclic amines) is 2. The van der Waals surface area contributed by atoms with Gasteiger partial charge in [0, 0.05) is 45.5 Å². The molecule has 0 spiro atoms. The van der Waals surface area contributed by atoms with Crippen LogP contribution in [-0.4, -0.2) is 83.6 Å². The zero-order valence-corrected chi connectivity index (χ0v) is 22.7. The molecule has 3 aromatic rings. The molecule has 1 amide bonds. The van der Waals surface area contributed by atoms with E-state index in [4.69, 9.17) is 21.3 Å². The maximum atomic E-state index is 11.9. The topological polar surface area (TPSA) is 86.7 Å². The summed E-state index contributed by atoms with van der Waals surface area (Å²) < 4.78 is 6.18. The minimum Gasteiger partial charge on any atom is -0.489 e. The third-order valence-electron chi connectivity index (χ3n) is 7.32. The van der Waals surface area contributed by atoms with Gasteiger partial charge in [-0.2, -0.15) is 0 Å². The van der Waals surface area contributed by atoms with Gasteiger partial charge in [-0.05, 0) is 68.6 Å². The SMILES string of the molecule is C=CC(=O)N1CC[C@H](CN(C)c2ccc3ncnc(Nc4ccc(OC5CCN(C)CC5)c(Cl)c4)c3n2)C1. The van der Waals surface area contributed by atoms with Gasteiger partial charge in [0.2, 0.25) is 5.91 Å². The number of pyridine rings is 1. The molecule has 1 N–H and O–H groups in total. The smallest absolute Gasteiger partial charge is 0.245 e. The first-order valence-corrected chi connectivity index (χ1v) is 13.4. The van der Waals surface area contributed by atoms with Crippen LogP contribution in [0.4, 0.5) is 17.3 Å². The fourth-order valence-corrected chi connectivity index (χ4v) is 5.34. The summed E-state index contributed by atoms with van der Waals surface area (Å²) in [6.45, 7) is 7.95. The van der Waals surface area contributed by atoms with Gasteiger partial charge in [0.25, 0.3) is 0 Å². The van der Waals surface area contributed by atoms with Crippen LogP contribution < -0.4 is 15.0 Å². The molecule has 0 bridgehead atoms. The van der Waals surface area contributed by atoms with Gasteiger partial charge in [0.1, 0.15) is 29.5 Å². The van der Waals surface area contributed by atoms with Gasteiger partial charge in [-0.3, -0.25) is 4.79 Å². The van der Waals surface area contributed by atoms with Crippen molar-refractivity contribution in [3.05, 3.63) is 54.3 Å². The third-order valence-corrected chi connectivity index (χ3v) is 7.61. The second-order valence-corrected chi connectivity index (χ2v) is 10.6. The standard InChI is InChI=1S/C28H34ClN7O2/c1-4-26(37)36-14-9-19(17-36)16-35(3)25-8-6-23-27(33-25)28(31-18-30-23)32-20-5-7-24(22(29)15-20)38-21-10-12-34(2)13-11-21/h4-8,15,18-19,21H,1,9-14,16-17H2,2-3H3,(H,30,31,32)/t19-/m1/s1. The van der Waals surface area contributed by atoms with Gasteiger partial charge < -0.3 is 24.8 Å². The highest BCUT2D eigenvalue weighted by Crippen LogP contribution is 2.32. The number of aromatic nitrogens is 3. The molecule has 1 atom stereocenters. The number of nitrogens with zero attached hydrogens (tertiary/aromatic N) is 6. The summed E-state index contributed by atoms with van der Waals surface area (Å²) in [5.74, 6) is 2.50. The van der Waals surface area contributed by atoms with Crippen molar-refractivity contribution in [2.75, 3.05) is 57.0 Å². The highest BCUT2D eigenvalue weighted by atomic mass is 35.5. The Morgan fingerprint density at radius 1 is 1.21 bits per heavy atom. The number of ether oxygens (including phenoxy) is 1. The van der Waals surface area contributed by atoms with Crippen LogP contribution in [0.1, 0.15) is 19.3 Å². The van der Waals surface area contributed by atoms with Crippen LogP contribution in [-0.2, 0) is 4.79 Å². The lowest BCUT2D eigenvalue weighted by atomic mass is 10.1. The Morgan fingerprint density at radius 2 is 2.03 bits per heavy atom. The van der Waals surface area contributed by atoms with E-state index in [1.54, 1.807) is 0 Å². The van der Waals surface area contributed by atoms with Crippen LogP contribution in [0.15, 0.2) is 49.3 Å². The number of anilines is 3. The normalized spacial score (nSPS) is 18.5. The molecule has 4 heterocycles. The van der Waals surface area contributed by atoms with Crippen LogP contribution in [0.5, 0.6) is 5.75 Å². The molecule has 10 heteroatoms. The van der Waals surface area contributed by atoms with Crippen molar-refractivity contribution in [3.63, 3.8) is 0 Å². The van der Waals surface area contributed by atoms with Crippen LogP contribution in [0, 0.1) is 5.92 Å². The lowest BCUT2D eigenvalue weighted by molar-refractivity contribution is -0.125. The Bertz CT molecular complexity index is 1310. The van der Waals surface area contributed by atoms with E-state index in [0.717, 1.165) is 69.0 Å². The molecule has 0 unspecified atom stereocenters. The molecule has 2 saturated heterocycles. The Kier molecular flexibility index (Phi) is 7.95. The number of carbonyl (C=O) groups excluding carboxylic acids is 1. The second-order valence-electron chi connectivity index (χ2n) is 10.2. The summed E-state index contributed by atoms with van der Waals surface area (Å²) in [4.78, 5) is 32.0. The molecule has 1 aromatic carbocycles. The van der Waals surface area contributed by atoms with Gasteiger partial charge in [-0.1, -0.05) is 18.2 Å². The number of nitrogens with one attached hydrogen (secondary N) is 1. The van der Waals surface area contributed by atoms with Crippen LogP contribution in [0.25, 0.3) is 11.0 Å². The molecule has 2 fully saturated rings. The molecule has 9 nitrogen and oxygen atoms in total. The molecule has 38 heavy (non-hydrogen) atoms. The molecular formula is C28H34ClN7O2. The van der Waals surface area contributed by atoms with Gasteiger partial charge >= 0.3 is 0 Å². The molecule has 0 saturated carbocycles. The van der Waals surface area contributed by atoms with Gasteiger partial charge in [0.15, 0.2) is 5.82 Å². The fraction of sp³-hybridized carbons (Fsp3) is 0.429. The predicted octanol–water partition coefficient (Wildman–Crippen LogP) is 4.37. The first-order valence-electron chi connectivity index (χ1n) is 13.1. The maximum absolute atomic E-state index is 11.9. The minimum absolute atomic E-state index is 0.00614. The Balaban J connectivity index is 1.28. The Morgan fingerprint density at radius 3 is 2.79 bits per heavy atom. The van der Waals surface area contributed by atoms with Crippen molar-refractivity contribution in [2.24, 2.45) is 5.92 Å². The molecule has 2 aromatic heterocycles. The first-order chi connectivity index (χ1) is 18.4. The lowest BCUT2D eigenvalue weighted by Crippen LogP contribution is -2.35. The zero-order chi connectivity index (χ0) is 26.6. The van der Waals surface area contributed by atoms with Crippen molar-refractivity contribution in [1.29, 1.82) is 0 Å². The van der Waals surface area contributed by atoms with E-state index < -0.39 is 0 Å². The molecule has 0 radical (unpaired) electrons. The summed E-state index contributed by atoms with van der Waals surface area (Å²) >= 11 is 6.59. The van der Waals surface area contributed by atoms with E-state index >= 15 is 0 Å².